The number of likely N-dealkylation sites (N-methyl/N-ethyl adjacent to an activating group) is 1. The summed E-state index contributed by atoms with van der Waals surface area (Å²) in [6.07, 6.45) is 2.51. The van der Waals surface area contributed by atoms with Gasteiger partial charge < -0.3 is 9.84 Å². The Morgan fingerprint density at radius 2 is 2.35 bits per heavy atom. The fourth-order valence-corrected chi connectivity index (χ4v) is 4.22. The number of nitrogens with zero attached hydrogens (tertiary/aromatic N) is 1. The van der Waals surface area contributed by atoms with Gasteiger partial charge in [-0.2, -0.15) is 0 Å². The van der Waals surface area contributed by atoms with Gasteiger partial charge in [0.25, 0.3) is 0 Å². The molecule has 20 heavy (non-hydrogen) atoms. The van der Waals surface area contributed by atoms with Gasteiger partial charge in [0.05, 0.1) is 19.1 Å². The summed E-state index contributed by atoms with van der Waals surface area (Å²) < 4.78 is 5.46. The third-order valence-electron chi connectivity index (χ3n) is 4.42. The van der Waals surface area contributed by atoms with Crippen molar-refractivity contribution in [3.63, 3.8) is 0 Å². The van der Waals surface area contributed by atoms with Crippen LogP contribution in [0.3, 0.4) is 0 Å². The van der Waals surface area contributed by atoms with Gasteiger partial charge in [-0.05, 0) is 36.8 Å². The van der Waals surface area contributed by atoms with E-state index in [9.17, 15) is 9.90 Å². The summed E-state index contributed by atoms with van der Waals surface area (Å²) in [7, 11) is 0. The Balaban J connectivity index is 1.85. The van der Waals surface area contributed by atoms with Gasteiger partial charge in [-0.3, -0.25) is 9.69 Å². The molecule has 1 aromatic rings. The highest BCUT2D eigenvalue weighted by atomic mass is 32.1. The van der Waals surface area contributed by atoms with E-state index in [1.807, 2.05) is 0 Å². The van der Waals surface area contributed by atoms with Gasteiger partial charge >= 0.3 is 5.97 Å². The third kappa shape index (κ3) is 2.62. The van der Waals surface area contributed by atoms with E-state index in [-0.39, 0.29) is 6.04 Å². The fraction of sp³-hybridized carbons (Fsp3) is 0.667. The van der Waals surface area contributed by atoms with E-state index < -0.39 is 11.9 Å². The molecule has 3 atom stereocenters. The second kappa shape index (κ2) is 5.84. The van der Waals surface area contributed by atoms with Crippen LogP contribution in [0.1, 0.15) is 30.7 Å². The van der Waals surface area contributed by atoms with Crippen molar-refractivity contribution in [3.8, 4) is 0 Å². The van der Waals surface area contributed by atoms with Crippen LogP contribution in [0.15, 0.2) is 17.5 Å². The lowest BCUT2D eigenvalue weighted by molar-refractivity contribution is -0.143. The fourth-order valence-electron chi connectivity index (χ4n) is 3.28. The van der Waals surface area contributed by atoms with Crippen LogP contribution in [0.25, 0.3) is 0 Å². The van der Waals surface area contributed by atoms with Crippen molar-refractivity contribution in [1.29, 1.82) is 0 Å². The highest BCUT2D eigenvalue weighted by molar-refractivity contribution is 7.10. The van der Waals surface area contributed by atoms with E-state index in [0.717, 1.165) is 6.54 Å². The number of hydrogen-bond donors (Lipinski definition) is 1. The van der Waals surface area contributed by atoms with E-state index >= 15 is 0 Å². The van der Waals surface area contributed by atoms with E-state index in [1.54, 1.807) is 11.3 Å². The van der Waals surface area contributed by atoms with E-state index in [4.69, 9.17) is 4.74 Å². The molecule has 0 amide bonds. The summed E-state index contributed by atoms with van der Waals surface area (Å²) >= 11 is 1.78. The molecule has 0 bridgehead atoms. The van der Waals surface area contributed by atoms with Crippen LogP contribution in [0.2, 0.25) is 0 Å². The number of carboxylic acids is 1. The Morgan fingerprint density at radius 1 is 1.55 bits per heavy atom. The van der Waals surface area contributed by atoms with Crippen LogP contribution in [-0.4, -0.2) is 41.8 Å². The molecule has 2 fully saturated rings. The average Bonchev–Trinajstić information content (AvgIpc) is 2.94. The summed E-state index contributed by atoms with van der Waals surface area (Å²) in [4.78, 5) is 15.2. The molecular formula is C15H21NO3S. The Bertz CT molecular complexity index is 458. The zero-order chi connectivity index (χ0) is 14.1. The predicted molar refractivity (Wildman–Crippen MR) is 77.9 cm³/mol. The molecule has 1 N–H and O–H groups in total. The minimum Gasteiger partial charge on any atom is -0.481 e. The second-order valence-corrected chi connectivity index (χ2v) is 6.66. The number of carbonyl (C=O) groups is 1. The zero-order valence-electron chi connectivity index (χ0n) is 11.7. The number of carboxylic acid groups (broad SMARTS) is 1. The number of thiophene rings is 1. The van der Waals surface area contributed by atoms with Crippen LogP contribution in [0.5, 0.6) is 0 Å². The highest BCUT2D eigenvalue weighted by Gasteiger charge is 2.44. The maximum absolute atomic E-state index is 11.4. The summed E-state index contributed by atoms with van der Waals surface area (Å²) in [6, 6.07) is 4.64. The first-order chi connectivity index (χ1) is 9.72. The molecule has 5 heteroatoms. The maximum atomic E-state index is 11.4. The molecule has 4 nitrogen and oxygen atoms in total. The van der Waals surface area contributed by atoms with E-state index in [1.165, 1.54) is 17.7 Å². The minimum absolute atomic E-state index is 0.00481. The van der Waals surface area contributed by atoms with Gasteiger partial charge in [-0.1, -0.05) is 13.0 Å². The van der Waals surface area contributed by atoms with Crippen molar-refractivity contribution in [3.05, 3.63) is 22.4 Å². The molecule has 1 saturated carbocycles. The summed E-state index contributed by atoms with van der Waals surface area (Å²) in [5.41, 5.74) is 0. The lowest BCUT2D eigenvalue weighted by atomic mass is 9.98. The van der Waals surface area contributed by atoms with E-state index in [0.29, 0.717) is 25.2 Å². The SMILES string of the molecule is CCN(C1COCC1C(=O)O)C(c1cccs1)C1CC1. The second-order valence-electron chi connectivity index (χ2n) is 5.68. The zero-order valence-corrected chi connectivity index (χ0v) is 12.5. The first-order valence-corrected chi connectivity index (χ1v) is 8.20. The van der Waals surface area contributed by atoms with Gasteiger partial charge in [0, 0.05) is 17.0 Å². The van der Waals surface area contributed by atoms with E-state index in [2.05, 4.69) is 29.3 Å². The molecule has 2 aliphatic rings. The van der Waals surface area contributed by atoms with Crippen LogP contribution < -0.4 is 0 Å². The van der Waals surface area contributed by atoms with Crippen molar-refractivity contribution in [1.82, 2.24) is 4.90 Å². The Morgan fingerprint density at radius 3 is 2.90 bits per heavy atom. The van der Waals surface area contributed by atoms with Crippen molar-refractivity contribution in [2.75, 3.05) is 19.8 Å². The molecule has 1 saturated heterocycles. The molecule has 1 aliphatic carbocycles. The smallest absolute Gasteiger partial charge is 0.310 e. The topological polar surface area (TPSA) is 49.8 Å². The highest BCUT2D eigenvalue weighted by Crippen LogP contribution is 2.47. The molecule has 2 heterocycles. The molecule has 0 radical (unpaired) electrons. The Kier molecular flexibility index (Phi) is 4.10. The first kappa shape index (κ1) is 14.0. The van der Waals surface area contributed by atoms with Crippen LogP contribution in [0, 0.1) is 11.8 Å². The maximum Gasteiger partial charge on any atom is 0.310 e. The molecule has 3 rings (SSSR count). The third-order valence-corrected chi connectivity index (χ3v) is 5.36. The summed E-state index contributed by atoms with van der Waals surface area (Å²) in [6.45, 7) is 3.88. The number of aliphatic carboxylic acids is 1. The largest absolute Gasteiger partial charge is 0.481 e. The molecule has 0 spiro atoms. The minimum atomic E-state index is -0.730. The van der Waals surface area contributed by atoms with Crippen molar-refractivity contribution in [2.24, 2.45) is 11.8 Å². The number of ether oxygens (including phenoxy) is 1. The summed E-state index contributed by atoms with van der Waals surface area (Å²) in [5, 5.41) is 11.5. The molecule has 1 aliphatic heterocycles. The van der Waals surface area contributed by atoms with Gasteiger partial charge in [-0.25, -0.2) is 0 Å². The van der Waals surface area contributed by atoms with Gasteiger partial charge in [-0.15, -0.1) is 11.3 Å². The van der Waals surface area contributed by atoms with Crippen molar-refractivity contribution >= 4 is 17.3 Å². The average molecular weight is 295 g/mol. The Labute approximate surface area is 123 Å². The lowest BCUT2D eigenvalue weighted by Crippen LogP contribution is -2.45. The Hall–Kier alpha value is -0.910. The van der Waals surface area contributed by atoms with Crippen molar-refractivity contribution < 1.29 is 14.6 Å². The molecule has 3 unspecified atom stereocenters. The molecular weight excluding hydrogens is 274 g/mol. The van der Waals surface area contributed by atoms with Crippen molar-refractivity contribution in [2.45, 2.75) is 31.8 Å². The van der Waals surface area contributed by atoms with Gasteiger partial charge in [0.2, 0.25) is 0 Å². The van der Waals surface area contributed by atoms with Crippen LogP contribution in [-0.2, 0) is 9.53 Å². The first-order valence-electron chi connectivity index (χ1n) is 7.32. The standard InChI is InChI=1S/C15H21NO3S/c1-2-16(12-9-19-8-11(12)15(17)18)14(10-5-6-10)13-4-3-7-20-13/h3-4,7,10-12,14H,2,5-6,8-9H2,1H3,(H,17,18). The molecule has 1 aromatic heterocycles. The van der Waals surface area contributed by atoms with Crippen LogP contribution in [0.4, 0.5) is 0 Å². The molecule has 110 valence electrons. The lowest BCUT2D eigenvalue weighted by Gasteiger charge is -2.36. The quantitative estimate of drug-likeness (QED) is 0.876. The van der Waals surface area contributed by atoms with Gasteiger partial charge in [0.15, 0.2) is 0 Å². The monoisotopic (exact) mass is 295 g/mol. The van der Waals surface area contributed by atoms with Gasteiger partial charge in [0.1, 0.15) is 0 Å². The predicted octanol–water partition coefficient (Wildman–Crippen LogP) is 2.62. The van der Waals surface area contributed by atoms with Crippen LogP contribution >= 0.6 is 11.3 Å². The number of rotatable bonds is 6. The normalized spacial score (nSPS) is 27.9. The summed E-state index contributed by atoms with van der Waals surface area (Å²) in [5.74, 6) is -0.438. The number of hydrogen-bond acceptors (Lipinski definition) is 4. The molecule has 0 aromatic carbocycles.